The van der Waals surface area contributed by atoms with Crippen LogP contribution in [0.3, 0.4) is 0 Å². The number of ether oxygens (including phenoxy) is 1. The molecule has 1 nitrogen and oxygen atoms in total. The third kappa shape index (κ3) is 0.869. The summed E-state index contributed by atoms with van der Waals surface area (Å²) in [5.74, 6) is 2.16. The monoisotopic (exact) mass is 130 g/mol. The molecule has 2 rings (SSSR count). The van der Waals surface area contributed by atoms with Gasteiger partial charge in [0.2, 0.25) is 0 Å². The number of fused-ring (bicyclic) bond motifs is 1. The first-order valence-corrected chi connectivity index (χ1v) is 4.21. The van der Waals surface area contributed by atoms with E-state index in [1.807, 2.05) is 0 Å². The third-order valence-electron chi connectivity index (χ3n) is 1.75. The molecule has 1 heterocycles. The second kappa shape index (κ2) is 1.92. The Balaban J connectivity index is 1.89. The molecule has 1 aliphatic heterocycles. The van der Waals surface area contributed by atoms with Crippen LogP contribution in [0.1, 0.15) is 6.42 Å². The fourth-order valence-corrected chi connectivity index (χ4v) is 2.34. The Morgan fingerprint density at radius 3 is 3.50 bits per heavy atom. The molecule has 2 heteroatoms. The van der Waals surface area contributed by atoms with Crippen molar-refractivity contribution in [2.45, 2.75) is 11.7 Å². The van der Waals surface area contributed by atoms with Crippen LogP contribution in [0.15, 0.2) is 0 Å². The maximum atomic E-state index is 5.33. The highest BCUT2D eigenvalue weighted by molar-refractivity contribution is 8.00. The zero-order valence-electron chi connectivity index (χ0n) is 4.80. The number of hydrogen-bond donors (Lipinski definition) is 0. The lowest BCUT2D eigenvalue weighted by molar-refractivity contribution is 0.142. The summed E-state index contributed by atoms with van der Waals surface area (Å²) in [6.45, 7) is 2.02. The van der Waals surface area contributed by atoms with E-state index >= 15 is 0 Å². The molecule has 2 unspecified atom stereocenters. The third-order valence-corrected chi connectivity index (χ3v) is 3.16. The standard InChI is InChI=1S/C6H10OS/c1-2-8-6-3-5(6)4-7-1/h5-6H,1-4H2. The van der Waals surface area contributed by atoms with E-state index in [1.165, 1.54) is 12.2 Å². The van der Waals surface area contributed by atoms with E-state index in [0.29, 0.717) is 0 Å². The minimum absolute atomic E-state index is 0.933. The van der Waals surface area contributed by atoms with Crippen LogP contribution in [0, 0.1) is 5.92 Å². The van der Waals surface area contributed by atoms with Gasteiger partial charge in [-0.1, -0.05) is 0 Å². The van der Waals surface area contributed by atoms with Gasteiger partial charge >= 0.3 is 0 Å². The number of hydrogen-bond acceptors (Lipinski definition) is 2. The van der Waals surface area contributed by atoms with Crippen molar-refractivity contribution in [1.29, 1.82) is 0 Å². The number of rotatable bonds is 0. The van der Waals surface area contributed by atoms with Gasteiger partial charge in [-0.15, -0.1) is 0 Å². The second-order valence-electron chi connectivity index (χ2n) is 2.48. The van der Waals surface area contributed by atoms with Crippen molar-refractivity contribution >= 4 is 11.8 Å². The zero-order chi connectivity index (χ0) is 5.40. The summed E-state index contributed by atoms with van der Waals surface area (Å²) in [6, 6.07) is 0. The van der Waals surface area contributed by atoms with Gasteiger partial charge in [-0.2, -0.15) is 11.8 Å². The minimum Gasteiger partial charge on any atom is -0.380 e. The van der Waals surface area contributed by atoms with Crippen LogP contribution in [0.25, 0.3) is 0 Å². The Morgan fingerprint density at radius 1 is 1.50 bits per heavy atom. The zero-order valence-corrected chi connectivity index (χ0v) is 5.62. The molecule has 0 spiro atoms. The average molecular weight is 130 g/mol. The summed E-state index contributed by atoms with van der Waals surface area (Å²) in [7, 11) is 0. The van der Waals surface area contributed by atoms with Crippen molar-refractivity contribution in [3.63, 3.8) is 0 Å². The minimum atomic E-state index is 0.933. The van der Waals surface area contributed by atoms with Gasteiger partial charge < -0.3 is 4.74 Å². The van der Waals surface area contributed by atoms with Crippen LogP contribution in [-0.4, -0.2) is 24.2 Å². The summed E-state index contributed by atoms with van der Waals surface area (Å²) in [5, 5.41) is 0.984. The molecule has 0 radical (unpaired) electrons. The highest BCUT2D eigenvalue weighted by Gasteiger charge is 2.38. The molecule has 0 bridgehead atoms. The van der Waals surface area contributed by atoms with Gasteiger partial charge in [0.15, 0.2) is 0 Å². The molecular weight excluding hydrogens is 120 g/mol. The molecule has 0 aromatic rings. The van der Waals surface area contributed by atoms with Crippen molar-refractivity contribution in [1.82, 2.24) is 0 Å². The van der Waals surface area contributed by atoms with Crippen molar-refractivity contribution < 1.29 is 4.74 Å². The van der Waals surface area contributed by atoms with Gasteiger partial charge in [-0.3, -0.25) is 0 Å². The average Bonchev–Trinajstić information content (AvgIpc) is 2.36. The SMILES string of the molecule is C1CSC2CC2CO1. The molecule has 2 atom stereocenters. The summed E-state index contributed by atoms with van der Waals surface area (Å²) < 4.78 is 5.33. The highest BCUT2D eigenvalue weighted by atomic mass is 32.2. The lowest BCUT2D eigenvalue weighted by Gasteiger charge is -1.94. The van der Waals surface area contributed by atoms with Crippen molar-refractivity contribution in [2.75, 3.05) is 19.0 Å². The van der Waals surface area contributed by atoms with E-state index in [4.69, 9.17) is 4.74 Å². The van der Waals surface area contributed by atoms with Gasteiger partial charge in [-0.25, -0.2) is 0 Å². The van der Waals surface area contributed by atoms with Gasteiger partial charge in [0.25, 0.3) is 0 Å². The molecule has 8 heavy (non-hydrogen) atoms. The van der Waals surface area contributed by atoms with Crippen LogP contribution in [0.5, 0.6) is 0 Å². The smallest absolute Gasteiger partial charge is 0.0556 e. The largest absolute Gasteiger partial charge is 0.380 e. The molecular formula is C6H10OS. The second-order valence-corrected chi connectivity index (χ2v) is 3.83. The van der Waals surface area contributed by atoms with E-state index in [9.17, 15) is 0 Å². The normalized spacial score (nSPS) is 45.0. The van der Waals surface area contributed by atoms with E-state index in [0.717, 1.165) is 24.4 Å². The fourth-order valence-electron chi connectivity index (χ4n) is 1.09. The van der Waals surface area contributed by atoms with E-state index in [1.54, 1.807) is 0 Å². The predicted octanol–water partition coefficient (Wildman–Crippen LogP) is 1.14. The molecule has 2 aliphatic rings. The van der Waals surface area contributed by atoms with E-state index in [2.05, 4.69) is 11.8 Å². The number of thioether (sulfide) groups is 1. The highest BCUT2D eigenvalue weighted by Crippen LogP contribution is 2.43. The van der Waals surface area contributed by atoms with Gasteiger partial charge in [0, 0.05) is 11.0 Å². The summed E-state index contributed by atoms with van der Waals surface area (Å²) in [4.78, 5) is 0. The molecule has 0 N–H and O–H groups in total. The molecule has 1 saturated heterocycles. The quantitative estimate of drug-likeness (QED) is 0.486. The molecule has 0 aromatic carbocycles. The maximum absolute atomic E-state index is 5.33. The lowest BCUT2D eigenvalue weighted by Crippen LogP contribution is -1.96. The van der Waals surface area contributed by atoms with Crippen LogP contribution >= 0.6 is 11.8 Å². The Labute approximate surface area is 53.8 Å². The molecule has 2 fully saturated rings. The van der Waals surface area contributed by atoms with Gasteiger partial charge in [-0.05, 0) is 12.3 Å². The fraction of sp³-hybridized carbons (Fsp3) is 1.00. The topological polar surface area (TPSA) is 9.23 Å². The van der Waals surface area contributed by atoms with Gasteiger partial charge in [0.1, 0.15) is 0 Å². The molecule has 0 aromatic heterocycles. The Morgan fingerprint density at radius 2 is 2.50 bits per heavy atom. The lowest BCUT2D eigenvalue weighted by atomic mass is 10.5. The first kappa shape index (κ1) is 5.12. The van der Waals surface area contributed by atoms with E-state index < -0.39 is 0 Å². The summed E-state index contributed by atoms with van der Waals surface area (Å²) in [6.07, 6.45) is 1.42. The molecule has 46 valence electrons. The predicted molar refractivity (Wildman–Crippen MR) is 35.2 cm³/mol. The van der Waals surface area contributed by atoms with Crippen LogP contribution in [-0.2, 0) is 4.74 Å². The van der Waals surface area contributed by atoms with Crippen LogP contribution in [0.2, 0.25) is 0 Å². The van der Waals surface area contributed by atoms with Crippen molar-refractivity contribution in [3.05, 3.63) is 0 Å². The van der Waals surface area contributed by atoms with E-state index in [-0.39, 0.29) is 0 Å². The van der Waals surface area contributed by atoms with Gasteiger partial charge in [0.05, 0.1) is 13.2 Å². The molecule has 1 saturated carbocycles. The first-order chi connectivity index (χ1) is 3.97. The Kier molecular flexibility index (Phi) is 1.23. The Hall–Kier alpha value is 0.310. The summed E-state index contributed by atoms with van der Waals surface area (Å²) >= 11 is 2.09. The summed E-state index contributed by atoms with van der Waals surface area (Å²) in [5.41, 5.74) is 0. The first-order valence-electron chi connectivity index (χ1n) is 3.16. The Bertz CT molecular complexity index is 84.5. The van der Waals surface area contributed by atoms with Crippen molar-refractivity contribution in [3.8, 4) is 0 Å². The van der Waals surface area contributed by atoms with Crippen LogP contribution in [0.4, 0.5) is 0 Å². The maximum Gasteiger partial charge on any atom is 0.0556 e. The van der Waals surface area contributed by atoms with Crippen LogP contribution < -0.4 is 0 Å². The molecule has 1 aliphatic carbocycles. The molecule has 0 amide bonds. The van der Waals surface area contributed by atoms with Crippen molar-refractivity contribution in [2.24, 2.45) is 5.92 Å².